The number of ether oxygens (including phenoxy) is 1. The highest BCUT2D eigenvalue weighted by molar-refractivity contribution is 5.79. The molecule has 0 aromatic heterocycles. The molecule has 6 heteroatoms. The first-order chi connectivity index (χ1) is 9.41. The van der Waals surface area contributed by atoms with E-state index in [2.05, 4.69) is 5.32 Å². The third-order valence-corrected chi connectivity index (χ3v) is 3.65. The number of rotatable bonds is 7. The first-order valence-corrected chi connectivity index (χ1v) is 7.29. The van der Waals surface area contributed by atoms with Crippen LogP contribution in [-0.2, 0) is 9.53 Å². The Bertz CT molecular complexity index is 346. The van der Waals surface area contributed by atoms with Gasteiger partial charge in [0.1, 0.15) is 0 Å². The summed E-state index contributed by atoms with van der Waals surface area (Å²) in [6.45, 7) is 7.56. The van der Waals surface area contributed by atoms with Crippen molar-refractivity contribution in [3.8, 4) is 0 Å². The molecule has 0 saturated carbocycles. The number of nitrogens with zero attached hydrogens (tertiary/aromatic N) is 1. The molecule has 1 saturated heterocycles. The zero-order chi connectivity index (χ0) is 15.2. The SMILES string of the molecule is CCCC1(C(=O)O)CCN(C(=O)NCCOC(C)C)C1. The van der Waals surface area contributed by atoms with Crippen LogP contribution in [0.2, 0.25) is 0 Å². The van der Waals surface area contributed by atoms with Crippen molar-refractivity contribution in [3.05, 3.63) is 0 Å². The van der Waals surface area contributed by atoms with Gasteiger partial charge in [-0.3, -0.25) is 4.79 Å². The number of carboxylic acids is 1. The van der Waals surface area contributed by atoms with Crippen molar-refractivity contribution in [2.45, 2.75) is 46.1 Å². The summed E-state index contributed by atoms with van der Waals surface area (Å²) in [7, 11) is 0. The second-order valence-corrected chi connectivity index (χ2v) is 5.66. The second kappa shape index (κ2) is 7.47. The molecule has 2 N–H and O–H groups in total. The van der Waals surface area contributed by atoms with Crippen molar-refractivity contribution in [3.63, 3.8) is 0 Å². The van der Waals surface area contributed by atoms with Gasteiger partial charge in [-0.25, -0.2) is 4.79 Å². The molecule has 1 fully saturated rings. The normalized spacial score (nSPS) is 22.3. The van der Waals surface area contributed by atoms with Gasteiger partial charge in [0.15, 0.2) is 0 Å². The molecule has 0 bridgehead atoms. The van der Waals surface area contributed by atoms with Gasteiger partial charge in [-0.2, -0.15) is 0 Å². The molecule has 116 valence electrons. The lowest BCUT2D eigenvalue weighted by molar-refractivity contribution is -0.148. The molecule has 0 radical (unpaired) electrons. The molecule has 1 atom stereocenters. The number of likely N-dealkylation sites (tertiary alicyclic amines) is 1. The van der Waals surface area contributed by atoms with Gasteiger partial charge in [0.25, 0.3) is 0 Å². The van der Waals surface area contributed by atoms with Gasteiger partial charge in [0.05, 0.1) is 18.1 Å². The predicted octanol–water partition coefficient (Wildman–Crippen LogP) is 1.70. The molecule has 1 rings (SSSR count). The summed E-state index contributed by atoms with van der Waals surface area (Å²) in [6, 6.07) is -0.198. The highest BCUT2D eigenvalue weighted by Crippen LogP contribution is 2.35. The van der Waals surface area contributed by atoms with E-state index in [0.29, 0.717) is 39.1 Å². The zero-order valence-corrected chi connectivity index (χ0v) is 12.6. The van der Waals surface area contributed by atoms with Crippen LogP contribution in [0.1, 0.15) is 40.0 Å². The summed E-state index contributed by atoms with van der Waals surface area (Å²) in [5, 5.41) is 12.2. The van der Waals surface area contributed by atoms with E-state index in [1.165, 1.54) is 0 Å². The molecule has 0 aromatic carbocycles. The number of carbonyl (C=O) groups is 2. The average Bonchev–Trinajstić information content (AvgIpc) is 2.80. The molecular weight excluding hydrogens is 260 g/mol. The minimum Gasteiger partial charge on any atom is -0.481 e. The third kappa shape index (κ3) is 4.37. The summed E-state index contributed by atoms with van der Waals surface area (Å²) in [5.74, 6) is -0.794. The van der Waals surface area contributed by atoms with E-state index in [1.807, 2.05) is 20.8 Å². The minimum atomic E-state index is -0.794. The smallest absolute Gasteiger partial charge is 0.317 e. The number of aliphatic carboxylic acids is 1. The molecule has 2 amide bonds. The van der Waals surface area contributed by atoms with Gasteiger partial charge in [-0.05, 0) is 26.7 Å². The van der Waals surface area contributed by atoms with Gasteiger partial charge in [-0.15, -0.1) is 0 Å². The molecule has 6 nitrogen and oxygen atoms in total. The van der Waals surface area contributed by atoms with Crippen molar-refractivity contribution in [1.82, 2.24) is 10.2 Å². The van der Waals surface area contributed by atoms with Crippen LogP contribution in [0.15, 0.2) is 0 Å². The lowest BCUT2D eigenvalue weighted by Gasteiger charge is -2.24. The third-order valence-electron chi connectivity index (χ3n) is 3.65. The van der Waals surface area contributed by atoms with Crippen molar-refractivity contribution >= 4 is 12.0 Å². The van der Waals surface area contributed by atoms with Crippen LogP contribution < -0.4 is 5.32 Å². The average molecular weight is 286 g/mol. The zero-order valence-electron chi connectivity index (χ0n) is 12.6. The first kappa shape index (κ1) is 16.8. The summed E-state index contributed by atoms with van der Waals surface area (Å²) >= 11 is 0. The molecule has 20 heavy (non-hydrogen) atoms. The summed E-state index contributed by atoms with van der Waals surface area (Å²) in [6.07, 6.45) is 2.10. The van der Waals surface area contributed by atoms with Crippen molar-refractivity contribution in [2.75, 3.05) is 26.2 Å². The Morgan fingerprint density at radius 3 is 2.70 bits per heavy atom. The van der Waals surface area contributed by atoms with Crippen LogP contribution in [0.25, 0.3) is 0 Å². The van der Waals surface area contributed by atoms with E-state index < -0.39 is 11.4 Å². The van der Waals surface area contributed by atoms with Crippen molar-refractivity contribution in [1.29, 1.82) is 0 Å². The predicted molar refractivity (Wildman–Crippen MR) is 75.7 cm³/mol. The lowest BCUT2D eigenvalue weighted by Crippen LogP contribution is -2.42. The van der Waals surface area contributed by atoms with Crippen LogP contribution in [0.4, 0.5) is 4.79 Å². The quantitative estimate of drug-likeness (QED) is 0.698. The maximum Gasteiger partial charge on any atom is 0.317 e. The van der Waals surface area contributed by atoms with E-state index in [0.717, 1.165) is 6.42 Å². The topological polar surface area (TPSA) is 78.9 Å². The van der Waals surface area contributed by atoms with Gasteiger partial charge < -0.3 is 20.1 Å². The molecule has 1 aliphatic rings. The van der Waals surface area contributed by atoms with Gasteiger partial charge in [0, 0.05) is 19.6 Å². The fourth-order valence-electron chi connectivity index (χ4n) is 2.57. The van der Waals surface area contributed by atoms with Crippen molar-refractivity contribution in [2.24, 2.45) is 5.41 Å². The Labute approximate surface area is 120 Å². The molecule has 0 aliphatic carbocycles. The summed E-state index contributed by atoms with van der Waals surface area (Å²) in [5.41, 5.74) is -0.763. The Morgan fingerprint density at radius 2 is 2.15 bits per heavy atom. The Balaban J connectivity index is 2.42. The van der Waals surface area contributed by atoms with Crippen LogP contribution in [-0.4, -0.2) is 54.4 Å². The number of hydrogen-bond acceptors (Lipinski definition) is 3. The standard InChI is InChI=1S/C14H26N2O4/c1-4-5-14(12(17)18)6-8-16(10-14)13(19)15-7-9-20-11(2)3/h11H,4-10H2,1-3H3,(H,15,19)(H,17,18). The number of amides is 2. The maximum absolute atomic E-state index is 12.0. The fourth-order valence-corrected chi connectivity index (χ4v) is 2.57. The van der Waals surface area contributed by atoms with Gasteiger partial charge in [-0.1, -0.05) is 13.3 Å². The summed E-state index contributed by atoms with van der Waals surface area (Å²) < 4.78 is 5.35. The van der Waals surface area contributed by atoms with Gasteiger partial charge in [0.2, 0.25) is 0 Å². The van der Waals surface area contributed by atoms with E-state index >= 15 is 0 Å². The Kier molecular flexibility index (Phi) is 6.26. The monoisotopic (exact) mass is 286 g/mol. The largest absolute Gasteiger partial charge is 0.481 e. The maximum atomic E-state index is 12.0. The molecule has 0 aromatic rings. The van der Waals surface area contributed by atoms with Gasteiger partial charge >= 0.3 is 12.0 Å². The Hall–Kier alpha value is -1.30. The van der Waals surface area contributed by atoms with E-state index in [-0.39, 0.29) is 12.1 Å². The first-order valence-electron chi connectivity index (χ1n) is 7.29. The van der Waals surface area contributed by atoms with Crippen LogP contribution in [0, 0.1) is 5.41 Å². The second-order valence-electron chi connectivity index (χ2n) is 5.66. The molecular formula is C14H26N2O4. The lowest BCUT2D eigenvalue weighted by atomic mass is 9.83. The number of urea groups is 1. The highest BCUT2D eigenvalue weighted by Gasteiger charge is 2.45. The highest BCUT2D eigenvalue weighted by atomic mass is 16.5. The minimum absolute atomic E-state index is 0.142. The van der Waals surface area contributed by atoms with Crippen molar-refractivity contribution < 1.29 is 19.4 Å². The number of carbonyl (C=O) groups excluding carboxylic acids is 1. The molecule has 1 heterocycles. The molecule has 0 spiro atoms. The number of carboxylic acid groups (broad SMARTS) is 1. The Morgan fingerprint density at radius 1 is 1.45 bits per heavy atom. The van der Waals surface area contributed by atoms with E-state index in [1.54, 1.807) is 4.90 Å². The summed E-state index contributed by atoms with van der Waals surface area (Å²) in [4.78, 5) is 25.0. The molecule has 1 unspecified atom stereocenters. The number of nitrogens with one attached hydrogen (secondary N) is 1. The number of hydrogen-bond donors (Lipinski definition) is 2. The molecule has 1 aliphatic heterocycles. The van der Waals surface area contributed by atoms with Crippen LogP contribution >= 0.6 is 0 Å². The van der Waals surface area contributed by atoms with E-state index in [9.17, 15) is 14.7 Å². The van der Waals surface area contributed by atoms with E-state index in [4.69, 9.17) is 4.74 Å². The fraction of sp³-hybridized carbons (Fsp3) is 0.857. The van der Waals surface area contributed by atoms with Crippen LogP contribution in [0.5, 0.6) is 0 Å². The van der Waals surface area contributed by atoms with Crippen LogP contribution in [0.3, 0.4) is 0 Å².